The van der Waals surface area contributed by atoms with Crippen molar-refractivity contribution in [1.82, 2.24) is 5.32 Å². The number of piperazine rings is 1. The van der Waals surface area contributed by atoms with Gasteiger partial charge in [-0.1, -0.05) is 17.7 Å². The number of nitro benzene ring substituents is 1. The van der Waals surface area contributed by atoms with Crippen molar-refractivity contribution in [3.05, 3.63) is 33.3 Å². The standard InChI is InChI=1S/C11H12ClN3O4/c12-7-2-1-3-8(10(7)15(18)19)14-5-4-13-6-9(14)11(16)17/h1-3,9,13H,4-6H2,(H,16,17). The number of benzene rings is 1. The molecule has 1 fully saturated rings. The van der Waals surface area contributed by atoms with Gasteiger partial charge in [-0.15, -0.1) is 0 Å². The second-order valence-electron chi connectivity index (χ2n) is 4.12. The van der Waals surface area contributed by atoms with E-state index in [2.05, 4.69) is 5.32 Å². The van der Waals surface area contributed by atoms with E-state index in [1.165, 1.54) is 17.0 Å². The van der Waals surface area contributed by atoms with Crippen LogP contribution in [0.3, 0.4) is 0 Å². The van der Waals surface area contributed by atoms with Crippen LogP contribution in [0.25, 0.3) is 0 Å². The molecule has 1 atom stereocenters. The summed E-state index contributed by atoms with van der Waals surface area (Å²) in [6.07, 6.45) is 0. The second kappa shape index (κ2) is 5.41. The van der Waals surface area contributed by atoms with Crippen molar-refractivity contribution in [2.24, 2.45) is 0 Å². The molecule has 7 nitrogen and oxygen atoms in total. The maximum atomic E-state index is 11.2. The lowest BCUT2D eigenvalue weighted by Crippen LogP contribution is -2.55. The molecule has 8 heteroatoms. The highest BCUT2D eigenvalue weighted by Gasteiger charge is 2.33. The highest BCUT2D eigenvalue weighted by atomic mass is 35.5. The van der Waals surface area contributed by atoms with E-state index in [1.807, 2.05) is 0 Å². The molecule has 0 aromatic heterocycles. The van der Waals surface area contributed by atoms with E-state index in [1.54, 1.807) is 6.07 Å². The van der Waals surface area contributed by atoms with E-state index in [4.69, 9.17) is 11.6 Å². The van der Waals surface area contributed by atoms with Gasteiger partial charge >= 0.3 is 11.7 Å². The summed E-state index contributed by atoms with van der Waals surface area (Å²) >= 11 is 5.84. The summed E-state index contributed by atoms with van der Waals surface area (Å²) in [6, 6.07) is 3.67. The summed E-state index contributed by atoms with van der Waals surface area (Å²) in [5.74, 6) is -1.03. The maximum Gasteiger partial charge on any atom is 0.327 e. The van der Waals surface area contributed by atoms with Crippen LogP contribution in [-0.2, 0) is 4.79 Å². The fourth-order valence-corrected chi connectivity index (χ4v) is 2.37. The summed E-state index contributed by atoms with van der Waals surface area (Å²) in [7, 11) is 0. The van der Waals surface area contributed by atoms with Crippen LogP contribution >= 0.6 is 11.6 Å². The smallest absolute Gasteiger partial charge is 0.327 e. The summed E-state index contributed by atoms with van der Waals surface area (Å²) < 4.78 is 0. The van der Waals surface area contributed by atoms with Crippen molar-refractivity contribution in [1.29, 1.82) is 0 Å². The Hall–Kier alpha value is -1.86. The lowest BCUT2D eigenvalue weighted by Gasteiger charge is -2.34. The van der Waals surface area contributed by atoms with Crippen LogP contribution < -0.4 is 10.2 Å². The number of carboxylic acid groups (broad SMARTS) is 1. The summed E-state index contributed by atoms with van der Waals surface area (Å²) in [4.78, 5) is 23.2. The molecule has 1 aromatic rings. The van der Waals surface area contributed by atoms with E-state index in [0.29, 0.717) is 13.1 Å². The van der Waals surface area contributed by atoms with Crippen LogP contribution in [0.2, 0.25) is 5.02 Å². The molecule has 0 bridgehead atoms. The second-order valence-corrected chi connectivity index (χ2v) is 4.52. The SMILES string of the molecule is O=C(O)C1CNCCN1c1cccc(Cl)c1[N+](=O)[O-]. The Morgan fingerprint density at radius 1 is 1.58 bits per heavy atom. The van der Waals surface area contributed by atoms with Gasteiger partial charge in [0.15, 0.2) is 0 Å². The van der Waals surface area contributed by atoms with Crippen molar-refractivity contribution >= 4 is 28.9 Å². The van der Waals surface area contributed by atoms with E-state index < -0.39 is 16.9 Å². The third-order valence-corrected chi connectivity index (χ3v) is 3.29. The first kappa shape index (κ1) is 13.6. The zero-order valence-corrected chi connectivity index (χ0v) is 10.6. The number of hydrogen-bond acceptors (Lipinski definition) is 5. The Kier molecular flexibility index (Phi) is 3.87. The molecule has 0 saturated carbocycles. The molecule has 1 aliphatic rings. The molecule has 0 amide bonds. The number of nitrogens with zero attached hydrogens (tertiary/aromatic N) is 2. The zero-order valence-electron chi connectivity index (χ0n) is 9.88. The van der Waals surface area contributed by atoms with Gasteiger partial charge in [-0.2, -0.15) is 0 Å². The van der Waals surface area contributed by atoms with Crippen LogP contribution in [0.4, 0.5) is 11.4 Å². The van der Waals surface area contributed by atoms with Gasteiger partial charge in [-0.05, 0) is 12.1 Å². The van der Waals surface area contributed by atoms with E-state index in [0.717, 1.165) is 0 Å². The predicted molar refractivity (Wildman–Crippen MR) is 69.7 cm³/mol. The third kappa shape index (κ3) is 2.61. The van der Waals surface area contributed by atoms with Gasteiger partial charge in [-0.25, -0.2) is 4.79 Å². The third-order valence-electron chi connectivity index (χ3n) is 2.99. The largest absolute Gasteiger partial charge is 0.480 e. The number of rotatable bonds is 3. The minimum atomic E-state index is -1.03. The Morgan fingerprint density at radius 3 is 2.95 bits per heavy atom. The molecule has 1 aliphatic heterocycles. The summed E-state index contributed by atoms with van der Waals surface area (Å²) in [5, 5.41) is 23.2. The molecular formula is C11H12ClN3O4. The Balaban J connectivity index is 2.47. The van der Waals surface area contributed by atoms with Gasteiger partial charge in [0.2, 0.25) is 0 Å². The van der Waals surface area contributed by atoms with Crippen molar-refractivity contribution in [2.75, 3.05) is 24.5 Å². The number of hydrogen-bond donors (Lipinski definition) is 2. The number of nitrogens with one attached hydrogen (secondary N) is 1. The van der Waals surface area contributed by atoms with Crippen molar-refractivity contribution in [3.8, 4) is 0 Å². The molecule has 102 valence electrons. The Morgan fingerprint density at radius 2 is 2.32 bits per heavy atom. The quantitative estimate of drug-likeness (QED) is 0.638. The molecule has 2 N–H and O–H groups in total. The molecule has 2 rings (SSSR count). The first-order valence-electron chi connectivity index (χ1n) is 5.65. The molecule has 0 spiro atoms. The van der Waals surface area contributed by atoms with Crippen LogP contribution in [0.5, 0.6) is 0 Å². The van der Waals surface area contributed by atoms with Gasteiger partial charge in [0, 0.05) is 19.6 Å². The average molecular weight is 286 g/mol. The number of nitro groups is 1. The van der Waals surface area contributed by atoms with Gasteiger partial charge in [0.1, 0.15) is 16.8 Å². The number of anilines is 1. The number of carbonyl (C=O) groups is 1. The number of para-hydroxylation sites is 1. The molecule has 1 saturated heterocycles. The minimum Gasteiger partial charge on any atom is -0.480 e. The predicted octanol–water partition coefficient (Wildman–Crippen LogP) is 1.11. The molecule has 0 radical (unpaired) electrons. The first-order valence-corrected chi connectivity index (χ1v) is 6.03. The fourth-order valence-electron chi connectivity index (χ4n) is 2.13. The summed E-state index contributed by atoms with van der Waals surface area (Å²) in [5.41, 5.74) is -0.0104. The monoisotopic (exact) mass is 285 g/mol. The fraction of sp³-hybridized carbons (Fsp3) is 0.364. The van der Waals surface area contributed by atoms with Crippen LogP contribution in [0.1, 0.15) is 0 Å². The first-order chi connectivity index (χ1) is 9.02. The molecule has 19 heavy (non-hydrogen) atoms. The highest BCUT2D eigenvalue weighted by molar-refractivity contribution is 6.33. The molecule has 1 heterocycles. The molecular weight excluding hydrogens is 274 g/mol. The maximum absolute atomic E-state index is 11.2. The number of halogens is 1. The average Bonchev–Trinajstić information content (AvgIpc) is 2.37. The lowest BCUT2D eigenvalue weighted by molar-refractivity contribution is -0.384. The van der Waals surface area contributed by atoms with Crippen LogP contribution in [-0.4, -0.2) is 41.7 Å². The topological polar surface area (TPSA) is 95.7 Å². The number of aliphatic carboxylic acids is 1. The minimum absolute atomic E-state index is 0.00479. The van der Waals surface area contributed by atoms with Crippen molar-refractivity contribution < 1.29 is 14.8 Å². The van der Waals surface area contributed by atoms with E-state index >= 15 is 0 Å². The lowest BCUT2D eigenvalue weighted by atomic mass is 10.1. The highest BCUT2D eigenvalue weighted by Crippen LogP contribution is 2.36. The summed E-state index contributed by atoms with van der Waals surface area (Å²) in [6.45, 7) is 1.17. The van der Waals surface area contributed by atoms with Crippen LogP contribution in [0.15, 0.2) is 18.2 Å². The van der Waals surface area contributed by atoms with Crippen molar-refractivity contribution in [3.63, 3.8) is 0 Å². The normalized spacial score (nSPS) is 19.2. The number of carboxylic acids is 1. The van der Waals surface area contributed by atoms with E-state index in [9.17, 15) is 20.0 Å². The van der Waals surface area contributed by atoms with Gasteiger partial charge in [-0.3, -0.25) is 10.1 Å². The van der Waals surface area contributed by atoms with Crippen molar-refractivity contribution in [2.45, 2.75) is 6.04 Å². The molecule has 0 aliphatic carbocycles. The van der Waals surface area contributed by atoms with Crippen LogP contribution in [0, 0.1) is 10.1 Å². The van der Waals surface area contributed by atoms with Gasteiger partial charge in [0.05, 0.1) is 4.92 Å². The van der Waals surface area contributed by atoms with Gasteiger partial charge < -0.3 is 15.3 Å². The van der Waals surface area contributed by atoms with E-state index in [-0.39, 0.29) is 22.9 Å². The zero-order chi connectivity index (χ0) is 14.0. The van der Waals surface area contributed by atoms with Gasteiger partial charge in [0.25, 0.3) is 0 Å². The molecule has 1 unspecified atom stereocenters. The molecule has 1 aromatic carbocycles. The Labute approximate surface area is 113 Å². The Bertz CT molecular complexity index is 523.